The van der Waals surface area contributed by atoms with Crippen molar-refractivity contribution >= 4 is 16.5 Å². The van der Waals surface area contributed by atoms with Crippen LogP contribution in [0.2, 0.25) is 0 Å². The summed E-state index contributed by atoms with van der Waals surface area (Å²) in [6.45, 7) is 0. The van der Waals surface area contributed by atoms with E-state index in [1.54, 1.807) is 0 Å². The Kier molecular flexibility index (Phi) is 6.71. The zero-order valence-corrected chi connectivity index (χ0v) is 29.1. The molecule has 0 saturated heterocycles. The standard InChI is InChI=1S/C51H36N2/c1-4-16-33(17-5-1)42-30-36-22-10-11-23-38(36)49-48(42)41-29-28-37(31-45(41)51(49)43-26-14-12-24-39(43)40-25-13-15-27-44(40)51)47-32-46(34-18-6-2-7-19-34)52-50(53-47)35-20-8-3-9-21-35/h1-32,47,50,52-53H. The number of rotatable bonds is 4. The largest absolute Gasteiger partial charge is 0.366 e. The molecule has 11 rings (SSSR count). The molecular weight excluding hydrogens is 641 g/mol. The number of hydrogen-bond donors (Lipinski definition) is 2. The maximum absolute atomic E-state index is 3.99. The lowest BCUT2D eigenvalue weighted by atomic mass is 9.69. The van der Waals surface area contributed by atoms with Gasteiger partial charge in [0.2, 0.25) is 0 Å². The Morgan fingerprint density at radius 2 is 1.04 bits per heavy atom. The molecule has 0 saturated carbocycles. The highest BCUT2D eigenvalue weighted by Gasteiger charge is 2.53. The summed E-state index contributed by atoms with van der Waals surface area (Å²) >= 11 is 0. The summed E-state index contributed by atoms with van der Waals surface area (Å²) in [5.41, 5.74) is 17.5. The molecule has 0 amide bonds. The third-order valence-corrected chi connectivity index (χ3v) is 11.7. The van der Waals surface area contributed by atoms with Crippen molar-refractivity contribution in [3.05, 3.63) is 233 Å². The Hall–Kier alpha value is -6.48. The Morgan fingerprint density at radius 1 is 0.434 bits per heavy atom. The van der Waals surface area contributed by atoms with Crippen molar-refractivity contribution in [2.45, 2.75) is 17.6 Å². The van der Waals surface area contributed by atoms with Gasteiger partial charge in [-0.25, -0.2) is 0 Å². The molecule has 2 nitrogen and oxygen atoms in total. The first-order valence-corrected chi connectivity index (χ1v) is 18.6. The van der Waals surface area contributed by atoms with Gasteiger partial charge in [0, 0.05) is 5.70 Å². The molecule has 0 aromatic heterocycles. The van der Waals surface area contributed by atoms with Gasteiger partial charge in [-0.05, 0) is 95.2 Å². The highest BCUT2D eigenvalue weighted by molar-refractivity contribution is 6.09. The molecule has 0 fully saturated rings. The topological polar surface area (TPSA) is 24.1 Å². The van der Waals surface area contributed by atoms with Crippen LogP contribution in [0.25, 0.3) is 49.9 Å². The molecule has 1 aliphatic heterocycles. The molecule has 1 spiro atoms. The van der Waals surface area contributed by atoms with Gasteiger partial charge in [-0.2, -0.15) is 0 Å². The van der Waals surface area contributed by atoms with Gasteiger partial charge >= 0.3 is 0 Å². The van der Waals surface area contributed by atoms with Gasteiger partial charge in [0.05, 0.1) is 11.5 Å². The molecule has 53 heavy (non-hydrogen) atoms. The minimum absolute atomic E-state index is 0.0278. The lowest BCUT2D eigenvalue weighted by Gasteiger charge is -2.34. The van der Waals surface area contributed by atoms with E-state index < -0.39 is 5.41 Å². The van der Waals surface area contributed by atoms with Crippen molar-refractivity contribution in [3.63, 3.8) is 0 Å². The van der Waals surface area contributed by atoms with E-state index in [2.05, 4.69) is 205 Å². The van der Waals surface area contributed by atoms with Crippen molar-refractivity contribution in [1.82, 2.24) is 10.6 Å². The maximum Gasteiger partial charge on any atom is 0.104 e. The van der Waals surface area contributed by atoms with Gasteiger partial charge in [-0.3, -0.25) is 5.32 Å². The zero-order valence-electron chi connectivity index (χ0n) is 29.1. The average Bonchev–Trinajstić information content (AvgIpc) is 3.72. The Labute approximate surface area is 310 Å². The summed E-state index contributed by atoms with van der Waals surface area (Å²) < 4.78 is 0. The maximum atomic E-state index is 3.99. The van der Waals surface area contributed by atoms with Crippen molar-refractivity contribution in [2.24, 2.45) is 0 Å². The van der Waals surface area contributed by atoms with Crippen LogP contribution >= 0.6 is 0 Å². The third kappa shape index (κ3) is 4.43. The van der Waals surface area contributed by atoms with Gasteiger partial charge in [0.15, 0.2) is 0 Å². The minimum atomic E-state index is -0.490. The lowest BCUT2D eigenvalue weighted by molar-refractivity contribution is 0.442. The quantitative estimate of drug-likeness (QED) is 0.194. The monoisotopic (exact) mass is 676 g/mol. The van der Waals surface area contributed by atoms with Crippen LogP contribution in [-0.2, 0) is 5.41 Å². The molecule has 250 valence electrons. The molecule has 2 aliphatic carbocycles. The van der Waals surface area contributed by atoms with Crippen molar-refractivity contribution in [1.29, 1.82) is 0 Å². The molecule has 2 atom stereocenters. The van der Waals surface area contributed by atoms with Gasteiger partial charge in [-0.1, -0.05) is 182 Å². The van der Waals surface area contributed by atoms with Crippen LogP contribution in [0.5, 0.6) is 0 Å². The molecule has 1 heterocycles. The van der Waals surface area contributed by atoms with Gasteiger partial charge < -0.3 is 5.32 Å². The predicted octanol–water partition coefficient (Wildman–Crippen LogP) is 11.8. The van der Waals surface area contributed by atoms with Crippen LogP contribution in [-0.4, -0.2) is 0 Å². The molecule has 0 bridgehead atoms. The van der Waals surface area contributed by atoms with Crippen LogP contribution in [0, 0.1) is 0 Å². The fourth-order valence-corrected chi connectivity index (χ4v) is 9.53. The van der Waals surface area contributed by atoms with E-state index in [-0.39, 0.29) is 12.2 Å². The molecule has 2 N–H and O–H groups in total. The summed E-state index contributed by atoms with van der Waals surface area (Å²) in [5, 5.41) is 10.4. The van der Waals surface area contributed by atoms with Crippen LogP contribution in [0.4, 0.5) is 0 Å². The number of nitrogens with one attached hydrogen (secondary N) is 2. The van der Waals surface area contributed by atoms with E-state index in [0.29, 0.717) is 0 Å². The highest BCUT2D eigenvalue weighted by Crippen LogP contribution is 2.65. The first-order valence-electron chi connectivity index (χ1n) is 18.6. The van der Waals surface area contributed by atoms with Crippen LogP contribution < -0.4 is 10.6 Å². The van der Waals surface area contributed by atoms with E-state index >= 15 is 0 Å². The summed E-state index contributed by atoms with van der Waals surface area (Å²) in [5.74, 6) is 0. The first kappa shape index (κ1) is 30.2. The third-order valence-electron chi connectivity index (χ3n) is 11.7. The summed E-state index contributed by atoms with van der Waals surface area (Å²) in [4.78, 5) is 0. The van der Waals surface area contributed by atoms with Gasteiger partial charge in [0.25, 0.3) is 0 Å². The fraction of sp³-hybridized carbons (Fsp3) is 0.0588. The van der Waals surface area contributed by atoms with E-state index in [1.165, 1.54) is 83.1 Å². The predicted molar refractivity (Wildman–Crippen MR) is 218 cm³/mol. The number of benzene rings is 8. The number of hydrogen-bond acceptors (Lipinski definition) is 2. The molecular formula is C51H36N2. The van der Waals surface area contributed by atoms with Gasteiger partial charge in [-0.15, -0.1) is 0 Å². The van der Waals surface area contributed by atoms with Gasteiger partial charge in [0.1, 0.15) is 6.17 Å². The van der Waals surface area contributed by atoms with Crippen molar-refractivity contribution in [3.8, 4) is 33.4 Å². The van der Waals surface area contributed by atoms with E-state index in [1.807, 2.05) is 0 Å². The van der Waals surface area contributed by atoms with Crippen molar-refractivity contribution in [2.75, 3.05) is 0 Å². The smallest absolute Gasteiger partial charge is 0.104 e. The fourth-order valence-electron chi connectivity index (χ4n) is 9.53. The van der Waals surface area contributed by atoms with Crippen LogP contribution in [0.1, 0.15) is 51.2 Å². The second kappa shape index (κ2) is 11.8. The Balaban J connectivity index is 1.22. The molecule has 3 aliphatic rings. The normalized spacial score (nSPS) is 17.4. The summed E-state index contributed by atoms with van der Waals surface area (Å²) in [7, 11) is 0. The second-order valence-electron chi connectivity index (χ2n) is 14.5. The molecule has 2 heteroatoms. The SMILES string of the molecule is C1=C(c2ccccc2)NC(c2ccccc2)NC1c1ccc2c(c1)C1(c3ccccc3-c3ccccc31)c1c-2c(-c2ccccc2)cc2ccccc12. The number of fused-ring (bicyclic) bond motifs is 12. The second-order valence-corrected chi connectivity index (χ2v) is 14.5. The lowest BCUT2D eigenvalue weighted by Crippen LogP contribution is -2.39. The van der Waals surface area contributed by atoms with Crippen LogP contribution in [0.15, 0.2) is 194 Å². The molecule has 2 unspecified atom stereocenters. The Morgan fingerprint density at radius 3 is 1.75 bits per heavy atom. The van der Waals surface area contributed by atoms with E-state index in [9.17, 15) is 0 Å². The van der Waals surface area contributed by atoms with Crippen LogP contribution in [0.3, 0.4) is 0 Å². The Bertz CT molecular complexity index is 2680. The summed E-state index contributed by atoms with van der Waals surface area (Å²) in [6.07, 6.45) is 2.31. The molecule has 8 aromatic carbocycles. The van der Waals surface area contributed by atoms with Crippen molar-refractivity contribution < 1.29 is 0 Å². The highest BCUT2D eigenvalue weighted by atomic mass is 15.2. The first-order chi connectivity index (χ1) is 26.3. The minimum Gasteiger partial charge on any atom is -0.366 e. The van der Waals surface area contributed by atoms with E-state index in [4.69, 9.17) is 0 Å². The zero-order chi connectivity index (χ0) is 34.9. The molecule has 8 aromatic rings. The molecule has 0 radical (unpaired) electrons. The average molecular weight is 677 g/mol. The van der Waals surface area contributed by atoms with E-state index in [0.717, 1.165) is 5.70 Å². The summed E-state index contributed by atoms with van der Waals surface area (Å²) in [6, 6.07) is 69.3.